The van der Waals surface area contributed by atoms with Gasteiger partial charge in [-0.05, 0) is 29.3 Å². The number of nitrogens with zero attached hydrogens (tertiary/aromatic N) is 2. The third-order valence-corrected chi connectivity index (χ3v) is 3.61. The first kappa shape index (κ1) is 19.4. The number of imide groups is 1. The molecule has 3 amide bonds. The minimum absolute atomic E-state index is 0.0125. The number of esters is 2. The highest BCUT2D eigenvalue weighted by Crippen LogP contribution is 2.29. The summed E-state index contributed by atoms with van der Waals surface area (Å²) in [6, 6.07) is 4.40. The molecule has 9 nitrogen and oxygen atoms in total. The Labute approximate surface area is 153 Å². The quantitative estimate of drug-likeness (QED) is 0.252. The van der Waals surface area contributed by atoms with E-state index in [4.69, 9.17) is 21.1 Å². The Hall–Kier alpha value is -2.94. The van der Waals surface area contributed by atoms with Gasteiger partial charge in [-0.25, -0.2) is 0 Å². The van der Waals surface area contributed by atoms with Gasteiger partial charge in [0, 0.05) is 33.5 Å². The number of amides is 3. The van der Waals surface area contributed by atoms with Gasteiger partial charge in [-0.1, -0.05) is 6.07 Å². The van der Waals surface area contributed by atoms with Crippen LogP contribution in [-0.4, -0.2) is 52.0 Å². The predicted octanol–water partition coefficient (Wildman–Crippen LogP) is 1.07. The topological polar surface area (TPSA) is 110 Å². The summed E-state index contributed by atoms with van der Waals surface area (Å²) in [7, 11) is 0. The summed E-state index contributed by atoms with van der Waals surface area (Å²) in [5.74, 6) is -3.02. The van der Waals surface area contributed by atoms with Crippen LogP contribution in [0.1, 0.15) is 19.4 Å². The molecule has 0 atom stereocenters. The molecule has 1 aromatic rings. The largest absolute Gasteiger partial charge is 0.423 e. The number of halogens is 1. The number of benzene rings is 1. The highest BCUT2D eigenvalue weighted by molar-refractivity contribution is 6.65. The fourth-order valence-corrected chi connectivity index (χ4v) is 2.50. The van der Waals surface area contributed by atoms with Gasteiger partial charge in [0.15, 0.2) is 11.5 Å². The maximum atomic E-state index is 12.1. The Kier molecular flexibility index (Phi) is 5.93. The third-order valence-electron chi connectivity index (χ3n) is 3.41. The van der Waals surface area contributed by atoms with Gasteiger partial charge in [-0.2, -0.15) is 0 Å². The molecule has 0 aliphatic carbocycles. The van der Waals surface area contributed by atoms with Crippen molar-refractivity contribution in [1.82, 2.24) is 9.80 Å². The number of ether oxygens (including phenoxy) is 2. The van der Waals surface area contributed by atoms with Gasteiger partial charge in [0.25, 0.3) is 0 Å². The van der Waals surface area contributed by atoms with E-state index >= 15 is 0 Å². The lowest BCUT2D eigenvalue weighted by molar-refractivity contribution is -0.153. The standard InChI is InChI=1S/C16H15ClN2O7/c1-9(20)25-12-4-3-11(7-13(12)26-10(2)21)8-18-5-6-19(16(17)24)15(23)14(18)22/h3-4,7H,5-6,8H2,1-2H3. The van der Waals surface area contributed by atoms with Crippen molar-refractivity contribution in [2.24, 2.45) is 0 Å². The lowest BCUT2D eigenvalue weighted by Gasteiger charge is -2.31. The molecule has 1 aliphatic rings. The van der Waals surface area contributed by atoms with Crippen LogP contribution >= 0.6 is 11.6 Å². The molecule has 0 saturated carbocycles. The van der Waals surface area contributed by atoms with E-state index in [9.17, 15) is 24.0 Å². The summed E-state index contributed by atoms with van der Waals surface area (Å²) in [4.78, 5) is 59.3. The fraction of sp³-hybridized carbons (Fsp3) is 0.312. The van der Waals surface area contributed by atoms with Crippen molar-refractivity contribution in [3.8, 4) is 11.5 Å². The normalized spacial score (nSPS) is 14.3. The number of hydrogen-bond acceptors (Lipinski definition) is 7. The summed E-state index contributed by atoms with van der Waals surface area (Å²) in [5.41, 5.74) is 0.531. The van der Waals surface area contributed by atoms with E-state index in [1.807, 2.05) is 0 Å². The van der Waals surface area contributed by atoms with E-state index < -0.39 is 29.1 Å². The van der Waals surface area contributed by atoms with Crippen molar-refractivity contribution in [2.75, 3.05) is 13.1 Å². The van der Waals surface area contributed by atoms with Crippen LogP contribution in [0, 0.1) is 0 Å². The Morgan fingerprint density at radius 1 is 1.00 bits per heavy atom. The molecular formula is C16H15ClN2O7. The average molecular weight is 383 g/mol. The molecule has 1 aliphatic heterocycles. The number of carbonyl (C=O) groups excluding carboxylic acids is 5. The third kappa shape index (κ3) is 4.57. The highest BCUT2D eigenvalue weighted by atomic mass is 35.5. The summed E-state index contributed by atoms with van der Waals surface area (Å²) in [6.45, 7) is 2.51. The summed E-state index contributed by atoms with van der Waals surface area (Å²) < 4.78 is 9.98. The highest BCUT2D eigenvalue weighted by Gasteiger charge is 2.35. The maximum absolute atomic E-state index is 12.1. The second-order valence-corrected chi connectivity index (χ2v) is 5.73. The average Bonchev–Trinajstić information content (AvgIpc) is 2.53. The molecule has 0 spiro atoms. The van der Waals surface area contributed by atoms with E-state index in [-0.39, 0.29) is 31.1 Å². The van der Waals surface area contributed by atoms with Gasteiger partial charge in [-0.3, -0.25) is 28.9 Å². The second kappa shape index (κ2) is 7.96. The Morgan fingerprint density at radius 3 is 2.19 bits per heavy atom. The monoisotopic (exact) mass is 382 g/mol. The van der Waals surface area contributed by atoms with Crippen LogP contribution in [-0.2, 0) is 25.7 Å². The van der Waals surface area contributed by atoms with E-state index in [2.05, 4.69) is 0 Å². The van der Waals surface area contributed by atoms with Gasteiger partial charge in [0.05, 0.1) is 0 Å². The Morgan fingerprint density at radius 2 is 1.62 bits per heavy atom. The molecule has 0 unspecified atom stereocenters. The molecule has 1 fully saturated rings. The van der Waals surface area contributed by atoms with Crippen LogP contribution in [0.25, 0.3) is 0 Å². The van der Waals surface area contributed by atoms with E-state index in [0.717, 1.165) is 0 Å². The molecule has 0 bridgehead atoms. The van der Waals surface area contributed by atoms with Crippen molar-refractivity contribution >= 4 is 40.7 Å². The van der Waals surface area contributed by atoms with Crippen molar-refractivity contribution in [3.05, 3.63) is 23.8 Å². The molecule has 26 heavy (non-hydrogen) atoms. The number of carbonyl (C=O) groups is 5. The molecule has 2 rings (SSSR count). The molecule has 0 N–H and O–H groups in total. The van der Waals surface area contributed by atoms with Crippen molar-refractivity contribution in [3.63, 3.8) is 0 Å². The van der Waals surface area contributed by atoms with Gasteiger partial charge < -0.3 is 14.4 Å². The van der Waals surface area contributed by atoms with Crippen molar-refractivity contribution in [2.45, 2.75) is 20.4 Å². The second-order valence-electron chi connectivity index (χ2n) is 5.40. The lowest BCUT2D eigenvalue weighted by atomic mass is 10.1. The smallest absolute Gasteiger partial charge is 0.323 e. The number of piperazine rings is 1. The molecule has 1 aromatic carbocycles. The van der Waals surface area contributed by atoms with Crippen LogP contribution in [0.2, 0.25) is 0 Å². The molecule has 1 saturated heterocycles. The van der Waals surface area contributed by atoms with Crippen LogP contribution in [0.4, 0.5) is 4.79 Å². The Bertz CT molecular complexity index is 793. The number of rotatable bonds is 4. The maximum Gasteiger partial charge on any atom is 0.323 e. The summed E-state index contributed by atoms with van der Waals surface area (Å²) in [5, 5.41) is -1.01. The molecular weight excluding hydrogens is 368 g/mol. The van der Waals surface area contributed by atoms with Gasteiger partial charge in [-0.15, -0.1) is 0 Å². The lowest BCUT2D eigenvalue weighted by Crippen LogP contribution is -2.54. The summed E-state index contributed by atoms with van der Waals surface area (Å²) >= 11 is 5.26. The molecule has 138 valence electrons. The summed E-state index contributed by atoms with van der Waals surface area (Å²) in [6.07, 6.45) is 0. The number of hydrogen-bond donors (Lipinski definition) is 0. The van der Waals surface area contributed by atoms with E-state index in [1.54, 1.807) is 6.07 Å². The van der Waals surface area contributed by atoms with Crippen molar-refractivity contribution in [1.29, 1.82) is 0 Å². The van der Waals surface area contributed by atoms with Crippen LogP contribution in [0.5, 0.6) is 11.5 Å². The van der Waals surface area contributed by atoms with Crippen LogP contribution in [0.3, 0.4) is 0 Å². The first-order valence-electron chi connectivity index (χ1n) is 7.49. The van der Waals surface area contributed by atoms with Gasteiger partial charge in [0.1, 0.15) is 0 Å². The first-order chi connectivity index (χ1) is 12.2. The zero-order chi connectivity index (χ0) is 19.4. The van der Waals surface area contributed by atoms with Gasteiger partial charge in [0.2, 0.25) is 0 Å². The van der Waals surface area contributed by atoms with Crippen LogP contribution in [0.15, 0.2) is 18.2 Å². The molecule has 1 heterocycles. The fourth-order valence-electron chi connectivity index (χ4n) is 2.34. The predicted molar refractivity (Wildman–Crippen MR) is 87.4 cm³/mol. The molecule has 0 radical (unpaired) electrons. The molecule has 0 aromatic heterocycles. The zero-order valence-corrected chi connectivity index (χ0v) is 14.7. The minimum atomic E-state index is -1.01. The van der Waals surface area contributed by atoms with Gasteiger partial charge >= 0.3 is 29.1 Å². The molecule has 10 heteroatoms. The van der Waals surface area contributed by atoms with Crippen molar-refractivity contribution < 1.29 is 33.4 Å². The van der Waals surface area contributed by atoms with Crippen LogP contribution < -0.4 is 9.47 Å². The first-order valence-corrected chi connectivity index (χ1v) is 7.87. The minimum Gasteiger partial charge on any atom is -0.423 e. The Balaban J connectivity index is 2.20. The SMILES string of the molecule is CC(=O)Oc1ccc(CN2CCN(C(=O)Cl)C(=O)C2=O)cc1OC(C)=O. The zero-order valence-electron chi connectivity index (χ0n) is 14.0. The van der Waals surface area contributed by atoms with E-state index in [0.29, 0.717) is 10.5 Å². The van der Waals surface area contributed by atoms with E-state index in [1.165, 1.54) is 30.9 Å².